The molecular weight excluding hydrogens is 388 g/mol. The number of rotatable bonds is 5. The van der Waals surface area contributed by atoms with Crippen molar-refractivity contribution in [1.82, 2.24) is 29.5 Å². The maximum atomic E-state index is 13.1. The summed E-state index contributed by atoms with van der Waals surface area (Å²) in [7, 11) is 0. The van der Waals surface area contributed by atoms with Crippen LogP contribution in [-0.4, -0.2) is 29.5 Å². The predicted octanol–water partition coefficient (Wildman–Crippen LogP) is 3.46. The summed E-state index contributed by atoms with van der Waals surface area (Å²) in [6.45, 7) is 2.97. The molecule has 5 rings (SSSR count). The zero-order chi connectivity index (χ0) is 21.2. The fourth-order valence-corrected chi connectivity index (χ4v) is 3.50. The minimum absolute atomic E-state index is 0.149. The smallest absolute Gasteiger partial charge is 0.263 e. The SMILES string of the molecule is Cc1ccc(-c2cnc3ncn(Cc4cn(Cc5ccccc5)nn4)c(=O)c3c2)cc1. The molecule has 0 aliphatic rings. The van der Waals surface area contributed by atoms with Crippen LogP contribution in [0.5, 0.6) is 0 Å². The Labute approximate surface area is 178 Å². The van der Waals surface area contributed by atoms with E-state index in [2.05, 4.69) is 20.3 Å². The Morgan fingerprint density at radius 3 is 2.52 bits per heavy atom. The number of hydrogen-bond acceptors (Lipinski definition) is 5. The van der Waals surface area contributed by atoms with Crippen LogP contribution >= 0.6 is 0 Å². The third kappa shape index (κ3) is 3.98. The quantitative estimate of drug-likeness (QED) is 0.445. The van der Waals surface area contributed by atoms with Crippen molar-refractivity contribution in [2.45, 2.75) is 20.0 Å². The van der Waals surface area contributed by atoms with Crippen molar-refractivity contribution in [2.24, 2.45) is 0 Å². The molecule has 5 aromatic rings. The number of nitrogens with zero attached hydrogens (tertiary/aromatic N) is 6. The first-order valence-corrected chi connectivity index (χ1v) is 10.0. The van der Waals surface area contributed by atoms with Crippen LogP contribution in [0, 0.1) is 6.92 Å². The third-order valence-corrected chi connectivity index (χ3v) is 5.17. The van der Waals surface area contributed by atoms with Crippen LogP contribution in [0.4, 0.5) is 0 Å². The molecule has 0 aliphatic carbocycles. The van der Waals surface area contributed by atoms with Gasteiger partial charge < -0.3 is 0 Å². The molecule has 0 saturated heterocycles. The van der Waals surface area contributed by atoms with E-state index in [-0.39, 0.29) is 5.56 Å². The summed E-state index contributed by atoms with van der Waals surface area (Å²) in [5, 5.41) is 8.87. The van der Waals surface area contributed by atoms with Crippen molar-refractivity contribution < 1.29 is 0 Å². The Morgan fingerprint density at radius 1 is 0.903 bits per heavy atom. The van der Waals surface area contributed by atoms with E-state index in [9.17, 15) is 4.79 Å². The molecule has 0 atom stereocenters. The number of pyridine rings is 1. The zero-order valence-electron chi connectivity index (χ0n) is 17.0. The largest absolute Gasteiger partial charge is 0.292 e. The second-order valence-corrected chi connectivity index (χ2v) is 7.53. The topological polar surface area (TPSA) is 78.5 Å². The maximum Gasteiger partial charge on any atom is 0.263 e. The minimum Gasteiger partial charge on any atom is -0.292 e. The van der Waals surface area contributed by atoms with Crippen molar-refractivity contribution in [2.75, 3.05) is 0 Å². The van der Waals surface area contributed by atoms with E-state index < -0.39 is 0 Å². The van der Waals surface area contributed by atoms with E-state index in [1.54, 1.807) is 15.4 Å². The number of benzene rings is 2. The van der Waals surface area contributed by atoms with Gasteiger partial charge in [0, 0.05) is 11.8 Å². The molecule has 3 heterocycles. The Balaban J connectivity index is 1.43. The fraction of sp³-hybridized carbons (Fsp3) is 0.125. The molecule has 7 nitrogen and oxygen atoms in total. The second-order valence-electron chi connectivity index (χ2n) is 7.53. The van der Waals surface area contributed by atoms with Gasteiger partial charge in [0.2, 0.25) is 0 Å². The summed E-state index contributed by atoms with van der Waals surface area (Å²) in [6.07, 6.45) is 5.11. The molecule has 2 aromatic carbocycles. The van der Waals surface area contributed by atoms with Crippen LogP contribution in [0.2, 0.25) is 0 Å². The molecule has 3 aromatic heterocycles. The Hall–Kier alpha value is -4.13. The van der Waals surface area contributed by atoms with E-state index in [0.29, 0.717) is 29.8 Å². The summed E-state index contributed by atoms with van der Waals surface area (Å²) in [4.78, 5) is 21.8. The van der Waals surface area contributed by atoms with Crippen LogP contribution in [0.25, 0.3) is 22.2 Å². The van der Waals surface area contributed by atoms with E-state index >= 15 is 0 Å². The molecule has 7 heteroatoms. The van der Waals surface area contributed by atoms with Gasteiger partial charge in [-0.05, 0) is 24.1 Å². The molecule has 0 fully saturated rings. The summed E-state index contributed by atoms with van der Waals surface area (Å²) < 4.78 is 3.31. The van der Waals surface area contributed by atoms with Gasteiger partial charge in [-0.25, -0.2) is 14.6 Å². The van der Waals surface area contributed by atoms with Crippen LogP contribution in [0.1, 0.15) is 16.8 Å². The van der Waals surface area contributed by atoms with Crippen molar-refractivity contribution in [1.29, 1.82) is 0 Å². The minimum atomic E-state index is -0.149. The number of aryl methyl sites for hydroxylation is 1. The van der Waals surface area contributed by atoms with Crippen molar-refractivity contribution in [3.63, 3.8) is 0 Å². The molecule has 31 heavy (non-hydrogen) atoms. The standard InChI is InChI=1S/C24H20N6O/c1-17-7-9-19(10-8-17)20-11-22-23(25-12-20)26-16-29(24(22)31)14-21-15-30(28-27-21)13-18-5-3-2-4-6-18/h2-12,15-16H,13-14H2,1H3. The average molecular weight is 408 g/mol. The lowest BCUT2D eigenvalue weighted by molar-refractivity contribution is 0.648. The van der Waals surface area contributed by atoms with Crippen LogP contribution < -0.4 is 5.56 Å². The summed E-state index contributed by atoms with van der Waals surface area (Å²) in [5.74, 6) is 0. The maximum absolute atomic E-state index is 13.1. The third-order valence-electron chi connectivity index (χ3n) is 5.17. The molecule has 0 amide bonds. The highest BCUT2D eigenvalue weighted by atomic mass is 16.1. The highest BCUT2D eigenvalue weighted by molar-refractivity contribution is 5.79. The average Bonchev–Trinajstić information content (AvgIpc) is 3.23. The first-order valence-electron chi connectivity index (χ1n) is 10.0. The molecule has 0 N–H and O–H groups in total. The van der Waals surface area contributed by atoms with Gasteiger partial charge in [0.05, 0.1) is 24.7 Å². The molecule has 0 unspecified atom stereocenters. The van der Waals surface area contributed by atoms with E-state index in [1.807, 2.05) is 73.8 Å². The van der Waals surface area contributed by atoms with Gasteiger partial charge in [0.1, 0.15) is 12.0 Å². The Morgan fingerprint density at radius 2 is 1.71 bits per heavy atom. The molecular formula is C24H20N6O. The predicted molar refractivity (Wildman–Crippen MR) is 119 cm³/mol. The summed E-state index contributed by atoms with van der Waals surface area (Å²) in [6, 6.07) is 20.0. The second kappa shape index (κ2) is 7.95. The monoisotopic (exact) mass is 408 g/mol. The lowest BCUT2D eigenvalue weighted by atomic mass is 10.1. The fourth-order valence-electron chi connectivity index (χ4n) is 3.50. The summed E-state index contributed by atoms with van der Waals surface area (Å²) in [5.41, 5.74) is 5.20. The number of aromatic nitrogens is 6. The molecule has 152 valence electrons. The Kier molecular flexibility index (Phi) is 4.84. The summed E-state index contributed by atoms with van der Waals surface area (Å²) >= 11 is 0. The van der Waals surface area contributed by atoms with Crippen molar-refractivity contribution >= 4 is 11.0 Å². The molecule has 0 spiro atoms. The highest BCUT2D eigenvalue weighted by Crippen LogP contribution is 2.21. The Bertz CT molecular complexity index is 1400. The zero-order valence-corrected chi connectivity index (χ0v) is 17.0. The van der Waals surface area contributed by atoms with Gasteiger partial charge in [-0.15, -0.1) is 5.10 Å². The van der Waals surface area contributed by atoms with Gasteiger partial charge in [0.25, 0.3) is 5.56 Å². The molecule has 0 aliphatic heterocycles. The van der Waals surface area contributed by atoms with Gasteiger partial charge in [0.15, 0.2) is 5.65 Å². The molecule has 0 saturated carbocycles. The normalized spacial score (nSPS) is 11.1. The molecule has 0 radical (unpaired) electrons. The lowest BCUT2D eigenvalue weighted by Crippen LogP contribution is -2.21. The molecule has 0 bridgehead atoms. The highest BCUT2D eigenvalue weighted by Gasteiger charge is 2.10. The van der Waals surface area contributed by atoms with Gasteiger partial charge >= 0.3 is 0 Å². The van der Waals surface area contributed by atoms with Crippen molar-refractivity contribution in [3.05, 3.63) is 107 Å². The van der Waals surface area contributed by atoms with Crippen LogP contribution in [-0.2, 0) is 13.1 Å². The lowest BCUT2D eigenvalue weighted by Gasteiger charge is -2.06. The van der Waals surface area contributed by atoms with E-state index in [1.165, 1.54) is 11.9 Å². The van der Waals surface area contributed by atoms with Gasteiger partial charge in [-0.3, -0.25) is 9.36 Å². The van der Waals surface area contributed by atoms with E-state index in [0.717, 1.165) is 16.7 Å². The van der Waals surface area contributed by atoms with Crippen LogP contribution in [0.15, 0.2) is 84.2 Å². The first kappa shape index (κ1) is 18.9. The van der Waals surface area contributed by atoms with Crippen molar-refractivity contribution in [3.8, 4) is 11.1 Å². The van der Waals surface area contributed by atoms with Gasteiger partial charge in [-0.2, -0.15) is 0 Å². The van der Waals surface area contributed by atoms with E-state index in [4.69, 9.17) is 0 Å². The number of fused-ring (bicyclic) bond motifs is 1. The number of hydrogen-bond donors (Lipinski definition) is 0. The first-order chi connectivity index (χ1) is 15.2. The van der Waals surface area contributed by atoms with Gasteiger partial charge in [-0.1, -0.05) is 65.4 Å². The van der Waals surface area contributed by atoms with Crippen LogP contribution in [0.3, 0.4) is 0 Å².